The molecular formula is C19H21ClN4O2S. The van der Waals surface area contributed by atoms with Gasteiger partial charge in [0, 0.05) is 19.1 Å². The van der Waals surface area contributed by atoms with Crippen LogP contribution in [0.15, 0.2) is 30.5 Å². The zero-order chi connectivity index (χ0) is 18.8. The monoisotopic (exact) mass is 404 g/mol. The van der Waals surface area contributed by atoms with Gasteiger partial charge in [0.15, 0.2) is 0 Å². The number of anilines is 2. The van der Waals surface area contributed by atoms with E-state index in [4.69, 9.17) is 11.6 Å². The van der Waals surface area contributed by atoms with Crippen LogP contribution in [0.4, 0.5) is 16.3 Å². The quantitative estimate of drug-likeness (QED) is 0.808. The zero-order valence-corrected chi connectivity index (χ0v) is 16.4. The van der Waals surface area contributed by atoms with Gasteiger partial charge >= 0.3 is 6.03 Å². The van der Waals surface area contributed by atoms with Gasteiger partial charge < -0.3 is 10.2 Å². The maximum Gasteiger partial charge on any atom is 0.326 e. The highest BCUT2D eigenvalue weighted by Crippen LogP contribution is 2.28. The second-order valence-corrected chi connectivity index (χ2v) is 8.60. The van der Waals surface area contributed by atoms with E-state index in [1.54, 1.807) is 35.4 Å². The number of carbonyl (C=O) groups is 2. The topological polar surface area (TPSA) is 65.5 Å². The minimum atomic E-state index is -0.220. The van der Waals surface area contributed by atoms with Gasteiger partial charge in [-0.2, -0.15) is 0 Å². The Morgan fingerprint density at radius 1 is 1.15 bits per heavy atom. The van der Waals surface area contributed by atoms with Crippen LogP contribution >= 0.6 is 22.9 Å². The van der Waals surface area contributed by atoms with Crippen molar-refractivity contribution in [1.82, 2.24) is 9.88 Å². The highest BCUT2D eigenvalue weighted by Gasteiger charge is 2.35. The van der Waals surface area contributed by atoms with Gasteiger partial charge in [0.2, 0.25) is 0 Å². The fourth-order valence-corrected chi connectivity index (χ4v) is 4.69. The Morgan fingerprint density at radius 3 is 2.63 bits per heavy atom. The molecule has 0 radical (unpaired) electrons. The van der Waals surface area contributed by atoms with Crippen molar-refractivity contribution in [2.45, 2.75) is 38.1 Å². The Kier molecular flexibility index (Phi) is 5.31. The number of carbonyl (C=O) groups excluding carboxylic acids is 2. The Labute approximate surface area is 167 Å². The van der Waals surface area contributed by atoms with E-state index in [9.17, 15) is 9.59 Å². The molecule has 3 amide bonds. The SMILES string of the molecule is O=C(Nc1ccc(N2CCN(C3CCCCC3)C2=O)nc1)c1ccc(Cl)s1. The van der Waals surface area contributed by atoms with E-state index in [0.29, 0.717) is 33.3 Å². The molecule has 8 heteroatoms. The Bertz CT molecular complexity index is 832. The molecule has 1 aliphatic carbocycles. The van der Waals surface area contributed by atoms with Gasteiger partial charge in [-0.05, 0) is 37.1 Å². The second-order valence-electron chi connectivity index (χ2n) is 6.88. The summed E-state index contributed by atoms with van der Waals surface area (Å²) >= 11 is 7.09. The van der Waals surface area contributed by atoms with E-state index in [1.807, 2.05) is 4.90 Å². The number of thiophene rings is 1. The van der Waals surface area contributed by atoms with E-state index in [0.717, 1.165) is 19.4 Å². The molecule has 1 aliphatic heterocycles. The molecular weight excluding hydrogens is 384 g/mol. The predicted octanol–water partition coefficient (Wildman–Crippen LogP) is 4.62. The first-order chi connectivity index (χ1) is 13.1. The van der Waals surface area contributed by atoms with Crippen LogP contribution in [0.5, 0.6) is 0 Å². The third-order valence-corrected chi connectivity index (χ3v) is 6.37. The summed E-state index contributed by atoms with van der Waals surface area (Å²) in [6, 6.07) is 7.34. The van der Waals surface area contributed by atoms with Crippen LogP contribution in [0.2, 0.25) is 4.34 Å². The van der Waals surface area contributed by atoms with Crippen LogP contribution in [-0.2, 0) is 0 Å². The van der Waals surface area contributed by atoms with Crippen LogP contribution < -0.4 is 10.2 Å². The molecule has 27 heavy (non-hydrogen) atoms. The maximum atomic E-state index is 12.8. The summed E-state index contributed by atoms with van der Waals surface area (Å²) in [6.07, 6.45) is 7.47. The van der Waals surface area contributed by atoms with Crippen molar-refractivity contribution in [1.29, 1.82) is 0 Å². The number of hydrogen-bond acceptors (Lipinski definition) is 4. The van der Waals surface area contributed by atoms with Gasteiger partial charge in [-0.3, -0.25) is 9.69 Å². The summed E-state index contributed by atoms with van der Waals surface area (Å²) in [4.78, 5) is 33.6. The molecule has 0 spiro atoms. The molecule has 4 rings (SSSR count). The molecule has 142 valence electrons. The molecule has 0 atom stereocenters. The van der Waals surface area contributed by atoms with E-state index in [2.05, 4.69) is 10.3 Å². The molecule has 0 unspecified atom stereocenters. The molecule has 1 saturated carbocycles. The molecule has 0 aromatic carbocycles. The molecule has 0 bridgehead atoms. The fraction of sp³-hybridized carbons (Fsp3) is 0.421. The highest BCUT2D eigenvalue weighted by atomic mass is 35.5. The van der Waals surface area contributed by atoms with E-state index in [1.165, 1.54) is 30.6 Å². The summed E-state index contributed by atoms with van der Waals surface area (Å²) in [6.45, 7) is 1.41. The number of urea groups is 1. The first-order valence-corrected chi connectivity index (χ1v) is 10.4. The highest BCUT2D eigenvalue weighted by molar-refractivity contribution is 7.18. The van der Waals surface area contributed by atoms with E-state index >= 15 is 0 Å². The standard InChI is InChI=1S/C19H21ClN4O2S/c20-16-8-7-15(27-16)18(25)22-13-6-9-17(21-12-13)24-11-10-23(19(24)26)14-4-2-1-3-5-14/h6-9,12,14H,1-5,10-11H2,(H,22,25). The summed E-state index contributed by atoms with van der Waals surface area (Å²) in [7, 11) is 0. The largest absolute Gasteiger partial charge is 0.326 e. The van der Waals surface area contributed by atoms with Crippen molar-refractivity contribution in [2.24, 2.45) is 0 Å². The van der Waals surface area contributed by atoms with Crippen molar-refractivity contribution in [3.63, 3.8) is 0 Å². The minimum absolute atomic E-state index is 0.0411. The summed E-state index contributed by atoms with van der Waals surface area (Å²) < 4.78 is 0.573. The van der Waals surface area contributed by atoms with Crippen LogP contribution in [0.3, 0.4) is 0 Å². The predicted molar refractivity (Wildman–Crippen MR) is 108 cm³/mol. The number of nitrogens with zero attached hydrogens (tertiary/aromatic N) is 3. The lowest BCUT2D eigenvalue weighted by Gasteiger charge is -2.30. The van der Waals surface area contributed by atoms with Gasteiger partial charge in [0.1, 0.15) is 5.82 Å². The van der Waals surface area contributed by atoms with Gasteiger partial charge in [-0.25, -0.2) is 9.78 Å². The molecule has 3 heterocycles. The number of amides is 3. The van der Waals surface area contributed by atoms with Crippen LogP contribution in [0.25, 0.3) is 0 Å². The summed E-state index contributed by atoms with van der Waals surface area (Å²) in [5, 5.41) is 2.80. The molecule has 2 fully saturated rings. The number of halogens is 1. The lowest BCUT2D eigenvalue weighted by Crippen LogP contribution is -2.40. The maximum absolute atomic E-state index is 12.8. The van der Waals surface area contributed by atoms with Crippen LogP contribution in [0, 0.1) is 0 Å². The Hall–Kier alpha value is -2.12. The molecule has 1 saturated heterocycles. The molecule has 2 aromatic heterocycles. The number of rotatable bonds is 4. The fourth-order valence-electron chi connectivity index (χ4n) is 3.75. The lowest BCUT2D eigenvalue weighted by molar-refractivity contribution is 0.103. The molecule has 6 nitrogen and oxygen atoms in total. The van der Waals surface area contributed by atoms with E-state index in [-0.39, 0.29) is 11.9 Å². The first kappa shape index (κ1) is 18.3. The number of pyridine rings is 1. The zero-order valence-electron chi connectivity index (χ0n) is 14.9. The van der Waals surface area contributed by atoms with Gasteiger partial charge in [0.25, 0.3) is 5.91 Å². The van der Waals surface area contributed by atoms with Crippen molar-refractivity contribution in [3.8, 4) is 0 Å². The van der Waals surface area contributed by atoms with E-state index < -0.39 is 0 Å². The molecule has 2 aromatic rings. The average molecular weight is 405 g/mol. The van der Waals surface area contributed by atoms with Crippen molar-refractivity contribution in [3.05, 3.63) is 39.7 Å². The molecule has 1 N–H and O–H groups in total. The average Bonchev–Trinajstić information content (AvgIpc) is 3.29. The Morgan fingerprint density at radius 2 is 1.96 bits per heavy atom. The minimum Gasteiger partial charge on any atom is -0.320 e. The second kappa shape index (κ2) is 7.86. The first-order valence-electron chi connectivity index (χ1n) is 9.23. The smallest absolute Gasteiger partial charge is 0.320 e. The summed E-state index contributed by atoms with van der Waals surface area (Å²) in [5.74, 6) is 0.401. The van der Waals surface area contributed by atoms with Crippen LogP contribution in [0.1, 0.15) is 41.8 Å². The number of hydrogen-bond donors (Lipinski definition) is 1. The third-order valence-electron chi connectivity index (χ3n) is 5.14. The Balaban J connectivity index is 1.40. The molecule has 2 aliphatic rings. The third kappa shape index (κ3) is 3.94. The van der Waals surface area contributed by atoms with Crippen molar-refractivity contribution < 1.29 is 9.59 Å². The number of nitrogens with one attached hydrogen (secondary N) is 1. The lowest BCUT2D eigenvalue weighted by atomic mass is 9.94. The number of aromatic nitrogens is 1. The van der Waals surface area contributed by atoms with Crippen molar-refractivity contribution >= 4 is 46.4 Å². The van der Waals surface area contributed by atoms with Gasteiger partial charge in [-0.15, -0.1) is 11.3 Å². The van der Waals surface area contributed by atoms with Gasteiger partial charge in [0.05, 0.1) is 21.1 Å². The van der Waals surface area contributed by atoms with Crippen LogP contribution in [-0.4, -0.2) is 41.0 Å². The normalized spacial score (nSPS) is 18.2. The summed E-state index contributed by atoms with van der Waals surface area (Å²) in [5.41, 5.74) is 0.587. The van der Waals surface area contributed by atoms with Gasteiger partial charge in [-0.1, -0.05) is 30.9 Å². The van der Waals surface area contributed by atoms with Crippen molar-refractivity contribution in [2.75, 3.05) is 23.3 Å².